The van der Waals surface area contributed by atoms with E-state index in [1.54, 1.807) is 6.92 Å². The number of unbranched alkanes of at least 4 members (excludes halogenated alkanes) is 14. The van der Waals surface area contributed by atoms with Crippen LogP contribution in [0, 0.1) is 0 Å². The predicted molar refractivity (Wildman–Crippen MR) is 154 cm³/mol. The molecule has 0 aliphatic heterocycles. The lowest BCUT2D eigenvalue weighted by Crippen LogP contribution is -2.51. The molecule has 0 amide bonds. The molecule has 214 valence electrons. The molecule has 2 aromatic carbocycles. The maximum atomic E-state index is 11.6. The monoisotopic (exact) mass is 544 g/mol. The van der Waals surface area contributed by atoms with E-state index in [2.05, 4.69) is 6.92 Å². The molecule has 1 atom stereocenters. The maximum absolute atomic E-state index is 11.6. The van der Waals surface area contributed by atoms with E-state index in [9.17, 15) is 9.79 Å². The SMILES string of the molecule is CCCCCCCCCCCCCCCCCC(OP([O-])[O-])C(C)(Oc1ccccc1)Oc1ccccc1. The van der Waals surface area contributed by atoms with Crippen LogP contribution in [0.3, 0.4) is 0 Å². The van der Waals surface area contributed by atoms with Gasteiger partial charge in [-0.1, -0.05) is 140 Å². The van der Waals surface area contributed by atoms with Gasteiger partial charge < -0.3 is 23.8 Å². The van der Waals surface area contributed by atoms with Crippen molar-refractivity contribution in [2.75, 3.05) is 0 Å². The Morgan fingerprint density at radius 3 is 1.34 bits per heavy atom. The highest BCUT2D eigenvalue weighted by molar-refractivity contribution is 7.36. The van der Waals surface area contributed by atoms with E-state index in [4.69, 9.17) is 14.0 Å². The van der Waals surface area contributed by atoms with E-state index in [-0.39, 0.29) is 0 Å². The van der Waals surface area contributed by atoms with Crippen molar-refractivity contribution >= 4 is 8.60 Å². The molecule has 2 rings (SSSR count). The molecule has 1 unspecified atom stereocenters. The highest BCUT2D eigenvalue weighted by Crippen LogP contribution is 2.34. The number of benzene rings is 2. The fourth-order valence-corrected chi connectivity index (χ4v) is 5.32. The Bertz CT molecular complexity index is 761. The first-order valence-corrected chi connectivity index (χ1v) is 15.9. The minimum atomic E-state index is -3.06. The summed E-state index contributed by atoms with van der Waals surface area (Å²) in [6.45, 7) is 4.02. The van der Waals surface area contributed by atoms with Crippen LogP contribution in [0.5, 0.6) is 11.5 Å². The largest absolute Gasteiger partial charge is 0.820 e. The van der Waals surface area contributed by atoms with Crippen molar-refractivity contribution in [3.8, 4) is 11.5 Å². The summed E-state index contributed by atoms with van der Waals surface area (Å²) in [5.41, 5.74) is 0. The van der Waals surface area contributed by atoms with Crippen molar-refractivity contribution in [2.45, 2.75) is 128 Å². The number of ether oxygens (including phenoxy) is 2. The fraction of sp³-hybridized carbons (Fsp3) is 0.625. The zero-order valence-corrected chi connectivity index (χ0v) is 24.5. The van der Waals surface area contributed by atoms with Crippen LogP contribution in [-0.2, 0) is 4.52 Å². The number of hydrogen-bond donors (Lipinski definition) is 0. The average molecular weight is 545 g/mol. The summed E-state index contributed by atoms with van der Waals surface area (Å²) in [5, 5.41) is 0. The van der Waals surface area contributed by atoms with Gasteiger partial charge in [0.05, 0.1) is 0 Å². The lowest BCUT2D eigenvalue weighted by molar-refractivity contribution is -0.329. The van der Waals surface area contributed by atoms with Gasteiger partial charge in [0, 0.05) is 6.92 Å². The molecule has 0 radical (unpaired) electrons. The second kappa shape index (κ2) is 20.3. The van der Waals surface area contributed by atoms with Crippen molar-refractivity contribution in [3.63, 3.8) is 0 Å². The second-order valence-electron chi connectivity index (χ2n) is 10.4. The van der Waals surface area contributed by atoms with Crippen LogP contribution in [0.4, 0.5) is 0 Å². The van der Waals surface area contributed by atoms with E-state index in [1.165, 1.54) is 77.0 Å². The second-order valence-corrected chi connectivity index (χ2v) is 11.1. The van der Waals surface area contributed by atoms with Gasteiger partial charge in [0.2, 0.25) is 0 Å². The zero-order valence-electron chi connectivity index (χ0n) is 23.7. The van der Waals surface area contributed by atoms with E-state index in [0.717, 1.165) is 19.3 Å². The van der Waals surface area contributed by atoms with Crippen molar-refractivity contribution in [1.82, 2.24) is 0 Å². The van der Waals surface area contributed by atoms with Gasteiger partial charge in [0.15, 0.2) is 0 Å². The summed E-state index contributed by atoms with van der Waals surface area (Å²) in [5.74, 6) is -0.122. The van der Waals surface area contributed by atoms with Crippen molar-refractivity contribution in [3.05, 3.63) is 60.7 Å². The Morgan fingerprint density at radius 1 is 0.605 bits per heavy atom. The molecule has 38 heavy (non-hydrogen) atoms. The quantitative estimate of drug-likeness (QED) is 0.0797. The van der Waals surface area contributed by atoms with Gasteiger partial charge in [-0.2, -0.15) is 8.60 Å². The van der Waals surface area contributed by atoms with E-state index < -0.39 is 20.5 Å². The average Bonchev–Trinajstić information content (AvgIpc) is 2.91. The summed E-state index contributed by atoms with van der Waals surface area (Å²) in [6.07, 6.45) is 19.0. The van der Waals surface area contributed by atoms with Crippen molar-refractivity contribution in [1.29, 1.82) is 0 Å². The highest BCUT2D eigenvalue weighted by Gasteiger charge is 2.39. The Labute approximate surface area is 232 Å². The molecule has 0 saturated carbocycles. The first kappa shape index (κ1) is 32.6. The standard InChI is InChI=1S/C32H49O5P/c1-3-4-5-6-7-8-9-10-11-12-13-14-15-16-23-28-31(37-38(33)34)32(2,35-29-24-19-17-20-25-29)36-30-26-21-18-22-27-30/h17-22,24-27,31H,3-16,23,28H2,1-2H3/q-2. The lowest BCUT2D eigenvalue weighted by Gasteiger charge is -2.43. The first-order chi connectivity index (χ1) is 18.5. The van der Waals surface area contributed by atoms with Crippen LogP contribution in [-0.4, -0.2) is 11.9 Å². The Balaban J connectivity index is 1.74. The van der Waals surface area contributed by atoms with Gasteiger partial charge in [0.1, 0.15) is 17.6 Å². The molecule has 0 bridgehead atoms. The molecule has 5 nitrogen and oxygen atoms in total. The summed E-state index contributed by atoms with van der Waals surface area (Å²) < 4.78 is 17.8. The fourth-order valence-electron chi connectivity index (χ4n) is 4.81. The van der Waals surface area contributed by atoms with E-state index in [0.29, 0.717) is 17.9 Å². The molecule has 6 heteroatoms. The first-order valence-electron chi connectivity index (χ1n) is 14.8. The molecular weight excluding hydrogens is 495 g/mol. The third-order valence-corrected chi connectivity index (χ3v) is 7.42. The summed E-state index contributed by atoms with van der Waals surface area (Å²) in [6, 6.07) is 18.6. The third-order valence-electron chi connectivity index (χ3n) is 7.00. The van der Waals surface area contributed by atoms with Crippen LogP contribution < -0.4 is 19.3 Å². The van der Waals surface area contributed by atoms with Gasteiger partial charge in [-0.15, -0.1) is 0 Å². The number of rotatable bonds is 23. The number of hydrogen-bond acceptors (Lipinski definition) is 5. The van der Waals surface area contributed by atoms with Crippen LogP contribution in [0.25, 0.3) is 0 Å². The molecule has 2 aromatic rings. The Morgan fingerprint density at radius 2 is 0.974 bits per heavy atom. The highest BCUT2D eigenvalue weighted by atomic mass is 31.2. The summed E-state index contributed by atoms with van der Waals surface area (Å²) in [4.78, 5) is 23.3. The van der Waals surface area contributed by atoms with Crippen LogP contribution in [0.1, 0.15) is 117 Å². The number of para-hydroxylation sites is 2. The molecule has 0 aliphatic rings. The summed E-state index contributed by atoms with van der Waals surface area (Å²) >= 11 is 0. The van der Waals surface area contributed by atoms with E-state index in [1.807, 2.05) is 60.7 Å². The minimum absolute atomic E-state index is 0.526. The molecule has 0 N–H and O–H groups in total. The molecule has 0 saturated heterocycles. The van der Waals surface area contributed by atoms with Gasteiger partial charge in [0.25, 0.3) is 5.79 Å². The van der Waals surface area contributed by atoms with Crippen LogP contribution in [0.2, 0.25) is 0 Å². The molecule has 0 spiro atoms. The van der Waals surface area contributed by atoms with Gasteiger partial charge in [-0.3, -0.25) is 0 Å². The normalized spacial score (nSPS) is 12.6. The van der Waals surface area contributed by atoms with Crippen LogP contribution >= 0.6 is 8.60 Å². The topological polar surface area (TPSA) is 73.8 Å². The Hall–Kier alpha value is -1.65. The minimum Gasteiger partial charge on any atom is -0.820 e. The van der Waals surface area contributed by atoms with Crippen LogP contribution in [0.15, 0.2) is 60.7 Å². The maximum Gasteiger partial charge on any atom is 0.274 e. The molecule has 0 heterocycles. The van der Waals surface area contributed by atoms with Gasteiger partial charge in [-0.05, 0) is 30.7 Å². The molecule has 0 aliphatic carbocycles. The van der Waals surface area contributed by atoms with Gasteiger partial charge >= 0.3 is 0 Å². The zero-order chi connectivity index (χ0) is 27.3. The summed E-state index contributed by atoms with van der Waals surface area (Å²) in [7, 11) is -3.06. The lowest BCUT2D eigenvalue weighted by atomic mass is 10.0. The Kier molecular flexibility index (Phi) is 17.4. The molecular formula is C32H49O5P-2. The predicted octanol–water partition coefficient (Wildman–Crippen LogP) is 8.45. The molecule has 0 aromatic heterocycles. The van der Waals surface area contributed by atoms with Crippen molar-refractivity contribution < 1.29 is 23.8 Å². The van der Waals surface area contributed by atoms with Crippen molar-refractivity contribution in [2.24, 2.45) is 0 Å². The van der Waals surface area contributed by atoms with E-state index >= 15 is 0 Å². The third kappa shape index (κ3) is 14.5. The smallest absolute Gasteiger partial charge is 0.274 e. The molecule has 0 fully saturated rings. The van der Waals surface area contributed by atoms with Gasteiger partial charge in [-0.25, -0.2) is 0 Å².